The van der Waals surface area contributed by atoms with Crippen LogP contribution in [0, 0.1) is 11.3 Å². The molecule has 0 aromatic heterocycles. The Hall–Kier alpha value is -1.88. The molecule has 13 heavy (non-hydrogen) atoms. The van der Waals surface area contributed by atoms with Crippen LogP contribution >= 0.6 is 0 Å². The van der Waals surface area contributed by atoms with Gasteiger partial charge in [0.2, 0.25) is 0 Å². The number of halogens is 1. The summed E-state index contributed by atoms with van der Waals surface area (Å²) in [4.78, 5) is 0. The minimum Gasteiger partial charge on any atom is -0.195 e. The predicted molar refractivity (Wildman–Crippen MR) is 50.3 cm³/mol. The van der Waals surface area contributed by atoms with Crippen molar-refractivity contribution in [1.29, 1.82) is 5.26 Å². The third kappa shape index (κ3) is 3.35. The third-order valence-corrected chi connectivity index (χ3v) is 1.44. The zero-order valence-corrected chi connectivity index (χ0v) is 6.94. The number of nitriles is 1. The molecule has 0 atom stereocenters. The highest BCUT2D eigenvalue weighted by Crippen LogP contribution is 2.02. The van der Waals surface area contributed by atoms with E-state index in [0.717, 1.165) is 11.6 Å². The van der Waals surface area contributed by atoms with Crippen molar-refractivity contribution < 1.29 is 4.39 Å². The first-order valence-electron chi connectivity index (χ1n) is 3.82. The first kappa shape index (κ1) is 9.21. The van der Waals surface area contributed by atoms with E-state index in [9.17, 15) is 4.39 Å². The molecule has 0 amide bonds. The van der Waals surface area contributed by atoms with Crippen molar-refractivity contribution in [2.24, 2.45) is 0 Å². The van der Waals surface area contributed by atoms with E-state index in [-0.39, 0.29) is 0 Å². The van der Waals surface area contributed by atoms with Crippen molar-refractivity contribution in [2.45, 2.75) is 0 Å². The van der Waals surface area contributed by atoms with E-state index >= 15 is 0 Å². The normalized spacial score (nSPS) is 11.5. The minimum atomic E-state index is -0.785. The van der Waals surface area contributed by atoms with Crippen molar-refractivity contribution in [1.82, 2.24) is 0 Å². The Kier molecular flexibility index (Phi) is 3.46. The molecular formula is C11H8FN. The van der Waals surface area contributed by atoms with Crippen molar-refractivity contribution in [3.05, 3.63) is 53.9 Å². The second kappa shape index (κ2) is 4.89. The fourth-order valence-electron chi connectivity index (χ4n) is 0.845. The Morgan fingerprint density at radius 1 is 1.31 bits per heavy atom. The molecule has 0 N–H and O–H groups in total. The molecular weight excluding hydrogens is 165 g/mol. The summed E-state index contributed by atoms with van der Waals surface area (Å²) >= 11 is 0. The van der Waals surface area contributed by atoms with Gasteiger partial charge in [-0.2, -0.15) is 9.65 Å². The molecule has 1 nitrogen and oxygen atoms in total. The largest absolute Gasteiger partial charge is 0.200 e. The molecule has 0 aliphatic heterocycles. The first-order chi connectivity index (χ1) is 6.33. The van der Waals surface area contributed by atoms with Gasteiger partial charge in [-0.05, 0) is 11.6 Å². The molecule has 1 rings (SSSR count). The minimum absolute atomic E-state index is 0.785. The van der Waals surface area contributed by atoms with Crippen LogP contribution in [-0.4, -0.2) is 0 Å². The number of allylic oxidation sites excluding steroid dienone is 3. The second-order valence-electron chi connectivity index (χ2n) is 2.40. The molecule has 0 aliphatic carbocycles. The van der Waals surface area contributed by atoms with Gasteiger partial charge in [-0.3, -0.25) is 0 Å². The van der Waals surface area contributed by atoms with E-state index in [1.165, 1.54) is 12.1 Å². The van der Waals surface area contributed by atoms with Crippen LogP contribution in [-0.2, 0) is 0 Å². The van der Waals surface area contributed by atoms with Gasteiger partial charge in [0.1, 0.15) is 6.07 Å². The summed E-state index contributed by atoms with van der Waals surface area (Å²) in [5.41, 5.74) is 0.976. The van der Waals surface area contributed by atoms with Gasteiger partial charge in [0.25, 0.3) is 0 Å². The quantitative estimate of drug-likeness (QED) is 0.498. The molecule has 0 fully saturated rings. The van der Waals surface area contributed by atoms with Gasteiger partial charge >= 0.3 is 0 Å². The molecule has 0 saturated carbocycles. The molecule has 1 aromatic carbocycles. The summed E-state index contributed by atoms with van der Waals surface area (Å²) in [6.07, 6.45) is 4.37. The van der Waals surface area contributed by atoms with Crippen LogP contribution in [0.4, 0.5) is 4.39 Å². The van der Waals surface area contributed by atoms with E-state index in [2.05, 4.69) is 0 Å². The van der Waals surface area contributed by atoms with E-state index in [1.54, 1.807) is 6.08 Å². The molecule has 0 radical (unpaired) electrons. The Labute approximate surface area is 76.4 Å². The Balaban J connectivity index is 2.66. The summed E-state index contributed by atoms with van der Waals surface area (Å²) in [6, 6.07) is 10.9. The average Bonchev–Trinajstić information content (AvgIpc) is 2.19. The smallest absolute Gasteiger partial charge is 0.195 e. The van der Waals surface area contributed by atoms with Crippen molar-refractivity contribution in [3.63, 3.8) is 0 Å². The lowest BCUT2D eigenvalue weighted by molar-refractivity contribution is 0.672. The Morgan fingerprint density at radius 2 is 2.00 bits per heavy atom. The number of nitrogens with zero attached hydrogens (tertiary/aromatic N) is 1. The fourth-order valence-corrected chi connectivity index (χ4v) is 0.845. The van der Waals surface area contributed by atoms with Crippen molar-refractivity contribution in [3.8, 4) is 6.07 Å². The highest BCUT2D eigenvalue weighted by atomic mass is 19.1. The molecule has 0 heterocycles. The average molecular weight is 173 g/mol. The Bertz CT molecular complexity index is 357. The molecule has 0 saturated heterocycles. The monoisotopic (exact) mass is 173 g/mol. The number of hydrogen-bond donors (Lipinski definition) is 0. The summed E-state index contributed by atoms with van der Waals surface area (Å²) in [6.45, 7) is 0. The van der Waals surface area contributed by atoms with Crippen LogP contribution in [0.25, 0.3) is 6.08 Å². The standard InChI is InChI=1S/C11H8FN/c12-11(9-13)8-4-7-10-5-2-1-3-6-10/h1-8H/b7-4+,11-8-. The van der Waals surface area contributed by atoms with Gasteiger partial charge in [0.05, 0.1) is 0 Å². The SMILES string of the molecule is N#C/C(F)=C/C=C/c1ccccc1. The lowest BCUT2D eigenvalue weighted by Gasteiger charge is -1.87. The molecule has 2 heteroatoms. The lowest BCUT2D eigenvalue weighted by atomic mass is 10.2. The molecule has 1 aromatic rings. The van der Waals surface area contributed by atoms with Crippen LogP contribution in [0.1, 0.15) is 5.56 Å². The van der Waals surface area contributed by atoms with Gasteiger partial charge < -0.3 is 0 Å². The highest BCUT2D eigenvalue weighted by molar-refractivity contribution is 5.51. The molecule has 0 aliphatic rings. The predicted octanol–water partition coefficient (Wildman–Crippen LogP) is 3.08. The fraction of sp³-hybridized carbons (Fsp3) is 0. The van der Waals surface area contributed by atoms with Crippen molar-refractivity contribution in [2.75, 3.05) is 0 Å². The number of hydrogen-bond acceptors (Lipinski definition) is 1. The summed E-state index contributed by atoms with van der Waals surface area (Å²) < 4.78 is 12.3. The van der Waals surface area contributed by atoms with E-state index in [0.29, 0.717) is 0 Å². The maximum atomic E-state index is 12.3. The topological polar surface area (TPSA) is 23.8 Å². The van der Waals surface area contributed by atoms with Gasteiger partial charge in [-0.25, -0.2) is 0 Å². The maximum Gasteiger partial charge on any atom is 0.200 e. The van der Waals surface area contributed by atoms with Crippen LogP contribution < -0.4 is 0 Å². The highest BCUT2D eigenvalue weighted by Gasteiger charge is 1.84. The number of rotatable bonds is 2. The van der Waals surface area contributed by atoms with E-state index in [4.69, 9.17) is 5.26 Å². The number of benzene rings is 1. The van der Waals surface area contributed by atoms with Gasteiger partial charge in [0, 0.05) is 0 Å². The summed E-state index contributed by atoms with van der Waals surface area (Å²) in [7, 11) is 0. The van der Waals surface area contributed by atoms with Crippen molar-refractivity contribution >= 4 is 6.08 Å². The molecule has 0 bridgehead atoms. The van der Waals surface area contributed by atoms with Crippen LogP contribution in [0.5, 0.6) is 0 Å². The van der Waals surface area contributed by atoms with Gasteiger partial charge in [-0.1, -0.05) is 42.5 Å². The van der Waals surface area contributed by atoms with Crippen LogP contribution in [0.3, 0.4) is 0 Å². The van der Waals surface area contributed by atoms with Crippen LogP contribution in [0.15, 0.2) is 48.3 Å². The van der Waals surface area contributed by atoms with Crippen LogP contribution in [0.2, 0.25) is 0 Å². The third-order valence-electron chi connectivity index (χ3n) is 1.44. The van der Waals surface area contributed by atoms with E-state index < -0.39 is 5.83 Å². The summed E-state index contributed by atoms with van der Waals surface area (Å²) in [5.74, 6) is -0.785. The maximum absolute atomic E-state index is 12.3. The Morgan fingerprint density at radius 3 is 2.62 bits per heavy atom. The lowest BCUT2D eigenvalue weighted by Crippen LogP contribution is -1.67. The van der Waals surface area contributed by atoms with E-state index in [1.807, 2.05) is 30.3 Å². The zero-order chi connectivity index (χ0) is 9.52. The molecule has 0 spiro atoms. The van der Waals surface area contributed by atoms with Gasteiger partial charge in [-0.15, -0.1) is 0 Å². The second-order valence-corrected chi connectivity index (χ2v) is 2.40. The van der Waals surface area contributed by atoms with Gasteiger partial charge in [0.15, 0.2) is 5.83 Å². The first-order valence-corrected chi connectivity index (χ1v) is 3.82. The molecule has 64 valence electrons. The summed E-state index contributed by atoms with van der Waals surface area (Å²) in [5, 5.41) is 8.10. The zero-order valence-electron chi connectivity index (χ0n) is 6.94. The molecule has 0 unspecified atom stereocenters.